The zero-order valence-corrected chi connectivity index (χ0v) is 12.1. The molecule has 2 aromatic rings. The van der Waals surface area contributed by atoms with Crippen molar-refractivity contribution < 1.29 is 22.3 Å². The predicted octanol–water partition coefficient (Wildman–Crippen LogP) is 3.08. The van der Waals surface area contributed by atoms with E-state index in [1.54, 1.807) is 12.1 Å². The number of carbonyl (C=O) groups is 1. The van der Waals surface area contributed by atoms with Crippen LogP contribution in [-0.2, 0) is 15.2 Å². The minimum absolute atomic E-state index is 0.550. The van der Waals surface area contributed by atoms with E-state index in [2.05, 4.69) is 10.3 Å². The maximum absolute atomic E-state index is 8.74. The molecule has 3 N–H and O–H groups in total. The molecule has 0 heterocycles. The van der Waals surface area contributed by atoms with Gasteiger partial charge < -0.3 is 10.1 Å². The van der Waals surface area contributed by atoms with Gasteiger partial charge in [0.25, 0.3) is 0 Å². The molecule has 0 saturated carbocycles. The second-order valence-corrected chi connectivity index (χ2v) is 4.48. The van der Waals surface area contributed by atoms with E-state index in [1.165, 1.54) is 0 Å². The van der Waals surface area contributed by atoms with Gasteiger partial charge in [-0.15, -0.1) is 0 Å². The standard InChI is InChI=1S/C12H10N3.CH2O.H2O4S/c13-15-12-8-6-11(7-9-12)14-10-4-2-1-3-5-10;1-2;1-5(2,3)4/h1-9,14H;1H2;(H2,1,2,3,4)/q+1;;. The molecule has 0 bridgehead atoms. The van der Waals surface area contributed by atoms with Gasteiger partial charge in [-0.25, -0.2) is 0 Å². The van der Waals surface area contributed by atoms with Gasteiger partial charge in [-0.05, 0) is 24.3 Å². The molecule has 0 unspecified atom stereocenters. The Labute approximate surface area is 127 Å². The number of anilines is 2. The molecular weight excluding hydrogens is 310 g/mol. The van der Waals surface area contributed by atoms with E-state index in [1.807, 2.05) is 49.3 Å². The Balaban J connectivity index is 0.000000540. The van der Waals surface area contributed by atoms with Crippen LogP contribution in [0.25, 0.3) is 4.98 Å². The maximum Gasteiger partial charge on any atom is 0.394 e. The summed E-state index contributed by atoms with van der Waals surface area (Å²) in [7, 11) is -4.67. The summed E-state index contributed by atoms with van der Waals surface area (Å²) in [6.45, 7) is 2.00. The van der Waals surface area contributed by atoms with Crippen LogP contribution in [0.1, 0.15) is 0 Å². The first-order valence-corrected chi connectivity index (χ1v) is 7.04. The molecule has 22 heavy (non-hydrogen) atoms. The lowest BCUT2D eigenvalue weighted by molar-refractivity contribution is -0.0980. The fourth-order valence-corrected chi connectivity index (χ4v) is 1.30. The topological polar surface area (TPSA) is 132 Å². The normalized spacial score (nSPS) is 9.14. The van der Waals surface area contributed by atoms with Crippen LogP contribution in [0.2, 0.25) is 0 Å². The monoisotopic (exact) mass is 324 g/mol. The lowest BCUT2D eigenvalue weighted by Gasteiger charge is -2.04. The van der Waals surface area contributed by atoms with E-state index >= 15 is 0 Å². The summed E-state index contributed by atoms with van der Waals surface area (Å²) < 4.78 is 31.6. The van der Waals surface area contributed by atoms with Crippen molar-refractivity contribution in [2.45, 2.75) is 0 Å². The number of nitrogens with one attached hydrogen (secondary N) is 1. The summed E-state index contributed by atoms with van der Waals surface area (Å²) in [5, 5.41) is 11.8. The molecule has 9 heteroatoms. The molecule has 0 radical (unpaired) electrons. The molecule has 116 valence electrons. The van der Waals surface area contributed by atoms with Gasteiger partial charge in [0.1, 0.15) is 6.79 Å². The van der Waals surface area contributed by atoms with Gasteiger partial charge in [0.2, 0.25) is 5.39 Å². The zero-order chi connectivity index (χ0) is 17.0. The van der Waals surface area contributed by atoms with Crippen LogP contribution in [0, 0.1) is 5.39 Å². The molecule has 2 aromatic carbocycles. The molecule has 0 saturated heterocycles. The second kappa shape index (κ2) is 10.0. The Morgan fingerprint density at radius 3 is 1.73 bits per heavy atom. The van der Waals surface area contributed by atoms with E-state index in [0.29, 0.717) is 5.69 Å². The Morgan fingerprint density at radius 1 is 0.909 bits per heavy atom. The Bertz CT molecular complexity index is 689. The largest absolute Gasteiger partial charge is 0.394 e. The van der Waals surface area contributed by atoms with Crippen molar-refractivity contribution in [3.8, 4) is 0 Å². The van der Waals surface area contributed by atoms with Crippen molar-refractivity contribution in [1.29, 1.82) is 5.39 Å². The predicted molar refractivity (Wildman–Crippen MR) is 82.2 cm³/mol. The Kier molecular flexibility index (Phi) is 8.73. The molecule has 0 aliphatic heterocycles. The first-order valence-electron chi connectivity index (χ1n) is 5.64. The quantitative estimate of drug-likeness (QED) is 0.571. The fraction of sp³-hybridized carbons (Fsp3) is 0. The first kappa shape index (κ1) is 19.2. The van der Waals surface area contributed by atoms with Gasteiger partial charge in [0.05, 0.1) is 0 Å². The number of benzene rings is 2. The second-order valence-electron chi connectivity index (χ2n) is 3.59. The highest BCUT2D eigenvalue weighted by atomic mass is 32.3. The molecule has 2 rings (SSSR count). The van der Waals surface area contributed by atoms with Crippen molar-refractivity contribution in [3.63, 3.8) is 0 Å². The lowest BCUT2D eigenvalue weighted by Crippen LogP contribution is -1.89. The lowest BCUT2D eigenvalue weighted by atomic mass is 10.2. The summed E-state index contributed by atoms with van der Waals surface area (Å²) in [6, 6.07) is 17.1. The molecule has 0 fully saturated rings. The number of hydrogen-bond donors (Lipinski definition) is 3. The van der Waals surface area contributed by atoms with Crippen LogP contribution in [0.3, 0.4) is 0 Å². The number of hydrogen-bond acceptors (Lipinski definition) is 5. The number of carbonyl (C=O) groups excluding carboxylic acids is 1. The molecule has 0 amide bonds. The maximum atomic E-state index is 8.74. The number of nitrogens with zero attached hydrogens (tertiary/aromatic N) is 2. The third-order valence-electron chi connectivity index (χ3n) is 2.05. The van der Waals surface area contributed by atoms with Gasteiger partial charge in [-0.2, -0.15) is 8.42 Å². The Hall–Kier alpha value is -2.80. The highest BCUT2D eigenvalue weighted by molar-refractivity contribution is 7.79. The third kappa shape index (κ3) is 10.0. The van der Waals surface area contributed by atoms with Gasteiger partial charge in [0, 0.05) is 23.5 Å². The molecule has 8 nitrogen and oxygen atoms in total. The van der Waals surface area contributed by atoms with Crippen molar-refractivity contribution in [1.82, 2.24) is 0 Å². The summed E-state index contributed by atoms with van der Waals surface area (Å²) in [4.78, 5) is 11.1. The van der Waals surface area contributed by atoms with E-state index in [4.69, 9.17) is 27.7 Å². The van der Waals surface area contributed by atoms with Crippen LogP contribution in [0.4, 0.5) is 17.1 Å². The summed E-state index contributed by atoms with van der Waals surface area (Å²) in [5.41, 5.74) is 2.55. The van der Waals surface area contributed by atoms with Crippen molar-refractivity contribution in [2.75, 3.05) is 5.32 Å². The van der Waals surface area contributed by atoms with E-state index in [9.17, 15) is 0 Å². The van der Waals surface area contributed by atoms with E-state index < -0.39 is 10.4 Å². The summed E-state index contributed by atoms with van der Waals surface area (Å²) >= 11 is 0. The smallest absolute Gasteiger partial charge is 0.356 e. The van der Waals surface area contributed by atoms with Crippen molar-refractivity contribution in [3.05, 3.63) is 59.6 Å². The highest BCUT2D eigenvalue weighted by Gasteiger charge is 2.02. The van der Waals surface area contributed by atoms with Crippen LogP contribution < -0.4 is 5.32 Å². The van der Waals surface area contributed by atoms with Crippen LogP contribution in [0.5, 0.6) is 0 Å². The van der Waals surface area contributed by atoms with Crippen molar-refractivity contribution >= 4 is 34.3 Å². The molecule has 0 atom stereocenters. The third-order valence-corrected chi connectivity index (χ3v) is 2.05. The summed E-state index contributed by atoms with van der Waals surface area (Å²) in [5.74, 6) is 0. The highest BCUT2D eigenvalue weighted by Crippen LogP contribution is 2.19. The molecular formula is C13H14N3O5S+. The van der Waals surface area contributed by atoms with Gasteiger partial charge in [0.15, 0.2) is 4.98 Å². The molecule has 0 aliphatic carbocycles. The summed E-state index contributed by atoms with van der Waals surface area (Å²) in [6.07, 6.45) is 0. The number of diazo groups is 1. The average Bonchev–Trinajstić information content (AvgIpc) is 2.49. The molecule has 0 aromatic heterocycles. The van der Waals surface area contributed by atoms with Crippen LogP contribution >= 0.6 is 0 Å². The first-order chi connectivity index (χ1) is 10.4. The Morgan fingerprint density at radius 2 is 1.32 bits per heavy atom. The average molecular weight is 324 g/mol. The van der Waals surface area contributed by atoms with Gasteiger partial charge in [-0.1, -0.05) is 18.2 Å². The van der Waals surface area contributed by atoms with E-state index in [-0.39, 0.29) is 0 Å². The van der Waals surface area contributed by atoms with E-state index in [0.717, 1.165) is 11.4 Å². The SMILES string of the molecule is C=O.N#[N+]c1ccc(Nc2ccccc2)cc1.O=S(=O)(O)O. The van der Waals surface area contributed by atoms with Crippen molar-refractivity contribution in [2.24, 2.45) is 0 Å². The van der Waals surface area contributed by atoms with Crippen LogP contribution in [0.15, 0.2) is 54.6 Å². The number of rotatable bonds is 2. The fourth-order valence-electron chi connectivity index (χ4n) is 1.30. The minimum Gasteiger partial charge on any atom is -0.356 e. The molecule has 0 aliphatic rings. The number of para-hydroxylation sites is 1. The van der Waals surface area contributed by atoms with Gasteiger partial charge >= 0.3 is 16.1 Å². The van der Waals surface area contributed by atoms with Gasteiger partial charge in [-0.3, -0.25) is 9.11 Å². The minimum atomic E-state index is -4.67. The zero-order valence-electron chi connectivity index (χ0n) is 11.3. The molecule has 0 spiro atoms. The van der Waals surface area contributed by atoms with Crippen LogP contribution in [-0.4, -0.2) is 24.3 Å².